The van der Waals surface area contributed by atoms with Crippen molar-refractivity contribution in [3.05, 3.63) is 89.0 Å². The summed E-state index contributed by atoms with van der Waals surface area (Å²) in [5.74, 6) is -2.49. The summed E-state index contributed by atoms with van der Waals surface area (Å²) in [6.45, 7) is 4.17. The van der Waals surface area contributed by atoms with E-state index in [2.05, 4.69) is 23.8 Å². The Hall–Kier alpha value is -4.11. The van der Waals surface area contributed by atoms with Gasteiger partial charge in [0.2, 0.25) is 0 Å². The van der Waals surface area contributed by atoms with Crippen molar-refractivity contribution in [2.75, 3.05) is 12.0 Å². The Kier molecular flexibility index (Phi) is 6.01. The number of thiazole rings is 1. The summed E-state index contributed by atoms with van der Waals surface area (Å²) < 4.78 is 20.2. The van der Waals surface area contributed by atoms with Crippen molar-refractivity contribution in [2.24, 2.45) is 0 Å². The molecule has 1 aliphatic rings. The lowest BCUT2D eigenvalue weighted by Crippen LogP contribution is -2.29. The van der Waals surface area contributed by atoms with Crippen LogP contribution >= 0.6 is 11.3 Å². The first-order valence-corrected chi connectivity index (χ1v) is 12.1. The maximum atomic E-state index is 14.1. The van der Waals surface area contributed by atoms with Crippen molar-refractivity contribution in [2.45, 2.75) is 25.8 Å². The lowest BCUT2D eigenvalue weighted by Gasteiger charge is -2.22. The maximum absolute atomic E-state index is 14.1. The van der Waals surface area contributed by atoms with E-state index in [1.807, 2.05) is 18.2 Å². The Morgan fingerprint density at radius 3 is 2.64 bits per heavy atom. The second-order valence-electron chi connectivity index (χ2n) is 8.65. The van der Waals surface area contributed by atoms with Crippen LogP contribution in [0.3, 0.4) is 0 Å². The van der Waals surface area contributed by atoms with E-state index in [9.17, 15) is 19.1 Å². The van der Waals surface area contributed by atoms with Gasteiger partial charge in [-0.15, -0.1) is 0 Å². The molecule has 1 aliphatic heterocycles. The number of aromatic nitrogens is 2. The van der Waals surface area contributed by atoms with Gasteiger partial charge in [0.1, 0.15) is 23.4 Å². The van der Waals surface area contributed by atoms with Gasteiger partial charge in [0.25, 0.3) is 5.78 Å². The number of pyridine rings is 1. The molecule has 1 amide bonds. The molecule has 0 aliphatic carbocycles. The number of amides is 1. The minimum absolute atomic E-state index is 0.0395. The molecule has 2 aromatic heterocycles. The number of anilines is 1. The number of halogens is 1. The lowest BCUT2D eigenvalue weighted by atomic mass is 9.98. The molecule has 7 nitrogen and oxygen atoms in total. The van der Waals surface area contributed by atoms with Crippen LogP contribution in [0, 0.1) is 5.82 Å². The summed E-state index contributed by atoms with van der Waals surface area (Å²) in [6.07, 6.45) is 1.53. The van der Waals surface area contributed by atoms with Crippen molar-refractivity contribution in [3.63, 3.8) is 0 Å². The van der Waals surface area contributed by atoms with Crippen LogP contribution in [-0.2, 0) is 9.59 Å². The van der Waals surface area contributed by atoms with Gasteiger partial charge in [-0.1, -0.05) is 37.3 Å². The number of methoxy groups -OCH3 is 1. The molecule has 0 spiro atoms. The normalized spacial score (nSPS) is 17.4. The van der Waals surface area contributed by atoms with E-state index in [0.29, 0.717) is 22.3 Å². The highest BCUT2D eigenvalue weighted by molar-refractivity contribution is 7.22. The van der Waals surface area contributed by atoms with E-state index in [4.69, 9.17) is 4.74 Å². The van der Waals surface area contributed by atoms with Crippen LogP contribution < -0.4 is 9.64 Å². The second kappa shape index (κ2) is 9.16. The van der Waals surface area contributed by atoms with Crippen molar-refractivity contribution in [3.8, 4) is 5.75 Å². The number of aliphatic hydroxyl groups excluding tert-OH is 1. The molecule has 1 fully saturated rings. The molecule has 1 N–H and O–H groups in total. The first kappa shape index (κ1) is 23.6. The third-order valence-corrected chi connectivity index (χ3v) is 7.12. The number of ether oxygens (including phenoxy) is 1. The molecule has 0 saturated carbocycles. The van der Waals surface area contributed by atoms with E-state index < -0.39 is 29.3 Å². The molecule has 2 aromatic carbocycles. The Morgan fingerprint density at radius 1 is 1.14 bits per heavy atom. The summed E-state index contributed by atoms with van der Waals surface area (Å²) in [5.41, 5.74) is 1.91. The highest BCUT2D eigenvalue weighted by Crippen LogP contribution is 2.44. The van der Waals surface area contributed by atoms with Crippen LogP contribution in [0.1, 0.15) is 42.6 Å². The van der Waals surface area contributed by atoms with E-state index in [-0.39, 0.29) is 16.9 Å². The number of nitrogens with zero attached hydrogens (tertiary/aromatic N) is 3. The van der Waals surface area contributed by atoms with Crippen LogP contribution in [0.5, 0.6) is 5.75 Å². The Labute approximate surface area is 210 Å². The van der Waals surface area contributed by atoms with Gasteiger partial charge in [0.15, 0.2) is 5.13 Å². The number of Topliss-reactive ketones (excluding diaryl/α,β-unsaturated/α-hetero) is 1. The maximum Gasteiger partial charge on any atom is 0.301 e. The lowest BCUT2D eigenvalue weighted by molar-refractivity contribution is -0.132. The smallest absolute Gasteiger partial charge is 0.301 e. The Bertz CT molecular complexity index is 1530. The van der Waals surface area contributed by atoms with Gasteiger partial charge in [0.05, 0.1) is 34.2 Å². The second-order valence-corrected chi connectivity index (χ2v) is 9.66. The molecule has 3 heterocycles. The third-order valence-electron chi connectivity index (χ3n) is 6.10. The van der Waals surface area contributed by atoms with Crippen molar-refractivity contribution < 1.29 is 23.8 Å². The average Bonchev–Trinajstić information content (AvgIpc) is 3.41. The van der Waals surface area contributed by atoms with Crippen LogP contribution in [0.25, 0.3) is 16.0 Å². The molecule has 9 heteroatoms. The van der Waals surface area contributed by atoms with Gasteiger partial charge in [-0.05, 0) is 53.9 Å². The van der Waals surface area contributed by atoms with Gasteiger partial charge < -0.3 is 9.84 Å². The van der Waals surface area contributed by atoms with E-state index in [0.717, 1.165) is 16.3 Å². The van der Waals surface area contributed by atoms with Crippen molar-refractivity contribution in [1.29, 1.82) is 0 Å². The third kappa shape index (κ3) is 3.91. The number of carbonyl (C=O) groups excluding carboxylic acids is 2. The van der Waals surface area contributed by atoms with Crippen LogP contribution in [0.2, 0.25) is 0 Å². The molecule has 1 atom stereocenters. The molecule has 1 unspecified atom stereocenters. The molecule has 0 bridgehead atoms. The molecular formula is C27H22FN3O4S. The van der Waals surface area contributed by atoms with E-state index >= 15 is 0 Å². The molecule has 36 heavy (non-hydrogen) atoms. The minimum atomic E-state index is -1.07. The number of hydrogen-bond donors (Lipinski definition) is 1. The summed E-state index contributed by atoms with van der Waals surface area (Å²) in [4.78, 5) is 36.9. The monoisotopic (exact) mass is 503 g/mol. The molecular weight excluding hydrogens is 481 g/mol. The Morgan fingerprint density at radius 2 is 1.94 bits per heavy atom. The number of benzene rings is 2. The summed E-state index contributed by atoms with van der Waals surface area (Å²) in [5, 5.41) is 11.6. The summed E-state index contributed by atoms with van der Waals surface area (Å²) >= 11 is 1.28. The molecule has 182 valence electrons. The standard InChI is InChI=1S/C27H22FN3O4S/c1-14(2)15-7-9-18-21(12-15)36-27(30-18)31-23(19-6-4-5-11-29-19)22(25(33)26(31)34)24(32)17-13-16(28)8-10-20(17)35-3/h4-14,23,32H,1-3H3/b24-22+. The number of carbonyl (C=O) groups is 2. The van der Waals surface area contributed by atoms with E-state index in [1.54, 1.807) is 18.2 Å². The van der Waals surface area contributed by atoms with Crippen molar-refractivity contribution in [1.82, 2.24) is 9.97 Å². The number of hydrogen-bond acceptors (Lipinski definition) is 7. The minimum Gasteiger partial charge on any atom is -0.507 e. The topological polar surface area (TPSA) is 92.6 Å². The fourth-order valence-corrected chi connectivity index (χ4v) is 5.29. The van der Waals surface area contributed by atoms with Gasteiger partial charge in [0, 0.05) is 6.20 Å². The molecule has 5 rings (SSSR count). The van der Waals surface area contributed by atoms with Gasteiger partial charge >= 0.3 is 5.91 Å². The fraction of sp³-hybridized carbons (Fsp3) is 0.185. The Balaban J connectivity index is 1.73. The van der Waals surface area contributed by atoms with Gasteiger partial charge in [-0.25, -0.2) is 9.37 Å². The van der Waals surface area contributed by atoms with Crippen molar-refractivity contribution >= 4 is 44.1 Å². The first-order chi connectivity index (χ1) is 17.3. The van der Waals surface area contributed by atoms with Crippen LogP contribution in [0.4, 0.5) is 9.52 Å². The number of fused-ring (bicyclic) bond motifs is 1. The molecule has 4 aromatic rings. The molecule has 0 radical (unpaired) electrons. The predicted molar refractivity (Wildman–Crippen MR) is 136 cm³/mol. The van der Waals surface area contributed by atoms with E-state index in [1.165, 1.54) is 41.7 Å². The van der Waals surface area contributed by atoms with Gasteiger partial charge in [-0.3, -0.25) is 19.5 Å². The zero-order chi connectivity index (χ0) is 25.6. The zero-order valence-electron chi connectivity index (χ0n) is 19.7. The van der Waals surface area contributed by atoms with Crippen LogP contribution in [-0.4, -0.2) is 33.9 Å². The first-order valence-electron chi connectivity index (χ1n) is 11.3. The highest BCUT2D eigenvalue weighted by Gasteiger charge is 2.49. The average molecular weight is 504 g/mol. The zero-order valence-corrected chi connectivity index (χ0v) is 20.5. The quantitative estimate of drug-likeness (QED) is 0.217. The molecule has 1 saturated heterocycles. The predicted octanol–water partition coefficient (Wildman–Crippen LogP) is 5.59. The van der Waals surface area contributed by atoms with Crippen LogP contribution in [0.15, 0.2) is 66.4 Å². The summed E-state index contributed by atoms with van der Waals surface area (Å²) in [7, 11) is 1.37. The van der Waals surface area contributed by atoms with Gasteiger partial charge in [-0.2, -0.15) is 0 Å². The largest absolute Gasteiger partial charge is 0.507 e. The number of aliphatic hydroxyl groups is 1. The highest BCUT2D eigenvalue weighted by atomic mass is 32.1. The number of rotatable bonds is 5. The summed E-state index contributed by atoms with van der Waals surface area (Å²) in [6, 6.07) is 13.5. The number of ketones is 1. The fourth-order valence-electron chi connectivity index (χ4n) is 4.25. The SMILES string of the molecule is COc1ccc(F)cc1/C(O)=C1\C(=O)C(=O)N(c2nc3ccc(C(C)C)cc3s2)C1c1ccccn1.